The minimum Gasteiger partial charge on any atom is -0.444 e. The summed E-state index contributed by atoms with van der Waals surface area (Å²) in [6, 6.07) is 4.07. The van der Waals surface area contributed by atoms with E-state index >= 15 is 0 Å². The van der Waals surface area contributed by atoms with Crippen LogP contribution in [-0.2, 0) is 4.74 Å². The maximum atomic E-state index is 11.9. The molecule has 1 aliphatic rings. The standard InChI is InChI=1S/C15H18BrN3O2/c1-15(2,3)21-14(20)18-7-11(8-18)10-4-5-13-17-6-12(16)19(13)9-10/h4-6,9,11H,7-8H2,1-3H3. The maximum absolute atomic E-state index is 11.9. The molecule has 0 radical (unpaired) electrons. The van der Waals surface area contributed by atoms with Crippen LogP contribution in [0.25, 0.3) is 5.65 Å². The Morgan fingerprint density at radius 1 is 1.38 bits per heavy atom. The first kappa shape index (κ1) is 14.4. The predicted molar refractivity (Wildman–Crippen MR) is 83.4 cm³/mol. The van der Waals surface area contributed by atoms with E-state index < -0.39 is 5.60 Å². The summed E-state index contributed by atoms with van der Waals surface area (Å²) in [5.74, 6) is 0.358. The number of pyridine rings is 1. The molecule has 6 heteroatoms. The number of hydrogen-bond acceptors (Lipinski definition) is 3. The molecule has 0 aliphatic carbocycles. The molecule has 0 spiro atoms. The zero-order valence-corrected chi connectivity index (χ0v) is 13.9. The highest BCUT2D eigenvalue weighted by Crippen LogP contribution is 2.29. The van der Waals surface area contributed by atoms with Gasteiger partial charge in [-0.25, -0.2) is 9.78 Å². The van der Waals surface area contributed by atoms with Gasteiger partial charge < -0.3 is 9.64 Å². The van der Waals surface area contributed by atoms with Crippen molar-refractivity contribution >= 4 is 27.7 Å². The Kier molecular flexibility index (Phi) is 3.43. The van der Waals surface area contributed by atoms with E-state index in [9.17, 15) is 4.79 Å². The van der Waals surface area contributed by atoms with Crippen molar-refractivity contribution in [2.75, 3.05) is 13.1 Å². The van der Waals surface area contributed by atoms with Gasteiger partial charge in [0, 0.05) is 25.2 Å². The zero-order chi connectivity index (χ0) is 15.2. The lowest BCUT2D eigenvalue weighted by Gasteiger charge is -2.40. The number of nitrogens with zero attached hydrogens (tertiary/aromatic N) is 3. The molecular weight excluding hydrogens is 334 g/mol. The van der Waals surface area contributed by atoms with Crippen LogP contribution in [0.3, 0.4) is 0 Å². The Morgan fingerprint density at radius 3 is 2.76 bits per heavy atom. The summed E-state index contributed by atoms with van der Waals surface area (Å²) >= 11 is 3.47. The van der Waals surface area contributed by atoms with Crippen LogP contribution in [0.1, 0.15) is 32.3 Å². The maximum Gasteiger partial charge on any atom is 0.410 e. The quantitative estimate of drug-likeness (QED) is 0.790. The minimum atomic E-state index is -0.442. The van der Waals surface area contributed by atoms with Crippen LogP contribution in [0.15, 0.2) is 29.1 Å². The molecule has 0 bridgehead atoms. The Labute approximate surface area is 132 Å². The van der Waals surface area contributed by atoms with Crippen LogP contribution in [-0.4, -0.2) is 39.1 Å². The van der Waals surface area contributed by atoms with E-state index in [1.54, 1.807) is 11.1 Å². The van der Waals surface area contributed by atoms with Gasteiger partial charge in [-0.3, -0.25) is 4.40 Å². The molecule has 1 aliphatic heterocycles. The Bertz CT molecular complexity index is 684. The first-order valence-electron chi connectivity index (χ1n) is 6.94. The van der Waals surface area contributed by atoms with Crippen molar-refractivity contribution in [1.82, 2.24) is 14.3 Å². The van der Waals surface area contributed by atoms with E-state index in [1.165, 1.54) is 5.56 Å². The van der Waals surface area contributed by atoms with Crippen molar-refractivity contribution < 1.29 is 9.53 Å². The lowest BCUT2D eigenvalue weighted by Crippen LogP contribution is -2.50. The number of aromatic nitrogens is 2. The molecule has 0 atom stereocenters. The Morgan fingerprint density at radius 2 is 2.10 bits per heavy atom. The van der Waals surface area contributed by atoms with E-state index in [0.29, 0.717) is 19.0 Å². The van der Waals surface area contributed by atoms with Crippen LogP contribution >= 0.6 is 15.9 Å². The molecule has 0 N–H and O–H groups in total. The molecule has 3 heterocycles. The molecule has 21 heavy (non-hydrogen) atoms. The number of carbonyl (C=O) groups excluding carboxylic acids is 1. The first-order chi connectivity index (χ1) is 9.83. The molecule has 5 nitrogen and oxygen atoms in total. The molecule has 1 amide bonds. The summed E-state index contributed by atoms with van der Waals surface area (Å²) in [7, 11) is 0. The van der Waals surface area contributed by atoms with Crippen molar-refractivity contribution in [3.05, 3.63) is 34.7 Å². The van der Waals surface area contributed by atoms with Crippen molar-refractivity contribution in [2.45, 2.75) is 32.3 Å². The van der Waals surface area contributed by atoms with E-state index in [2.05, 4.69) is 33.2 Å². The molecule has 112 valence electrons. The minimum absolute atomic E-state index is 0.233. The fraction of sp³-hybridized carbons (Fsp3) is 0.467. The molecule has 2 aromatic rings. The number of amides is 1. The van der Waals surface area contributed by atoms with Crippen molar-refractivity contribution in [3.8, 4) is 0 Å². The molecule has 1 fully saturated rings. The van der Waals surface area contributed by atoms with Gasteiger partial charge >= 0.3 is 6.09 Å². The molecule has 0 saturated carbocycles. The monoisotopic (exact) mass is 351 g/mol. The topological polar surface area (TPSA) is 46.8 Å². The lowest BCUT2D eigenvalue weighted by atomic mass is 9.93. The summed E-state index contributed by atoms with van der Waals surface area (Å²) < 4.78 is 8.31. The highest BCUT2D eigenvalue weighted by Gasteiger charge is 2.34. The van der Waals surface area contributed by atoms with E-state index in [-0.39, 0.29) is 6.09 Å². The van der Waals surface area contributed by atoms with Gasteiger partial charge in [0.2, 0.25) is 0 Å². The average molecular weight is 352 g/mol. The second-order valence-corrected chi connectivity index (χ2v) is 7.17. The van der Waals surface area contributed by atoms with Gasteiger partial charge in [-0.05, 0) is 48.3 Å². The third kappa shape index (κ3) is 2.90. The van der Waals surface area contributed by atoms with E-state index in [1.807, 2.05) is 31.2 Å². The van der Waals surface area contributed by atoms with Crippen LogP contribution in [0.5, 0.6) is 0 Å². The van der Waals surface area contributed by atoms with Crippen LogP contribution in [0.4, 0.5) is 4.79 Å². The average Bonchev–Trinajstić information content (AvgIpc) is 2.67. The fourth-order valence-electron chi connectivity index (χ4n) is 2.37. The second-order valence-electron chi connectivity index (χ2n) is 6.35. The van der Waals surface area contributed by atoms with Crippen LogP contribution < -0.4 is 0 Å². The Balaban J connectivity index is 1.67. The molecule has 1 saturated heterocycles. The Hall–Kier alpha value is -1.56. The highest BCUT2D eigenvalue weighted by molar-refractivity contribution is 9.10. The number of halogens is 1. The highest BCUT2D eigenvalue weighted by atomic mass is 79.9. The summed E-state index contributed by atoms with van der Waals surface area (Å²) in [6.45, 7) is 7.05. The number of likely N-dealkylation sites (tertiary alicyclic amines) is 1. The third-order valence-electron chi connectivity index (χ3n) is 3.49. The third-order valence-corrected chi connectivity index (χ3v) is 4.07. The van der Waals surface area contributed by atoms with Gasteiger partial charge in [0.25, 0.3) is 0 Å². The molecule has 0 unspecified atom stereocenters. The summed E-state index contributed by atoms with van der Waals surface area (Å²) in [4.78, 5) is 17.9. The summed E-state index contributed by atoms with van der Waals surface area (Å²) in [5.41, 5.74) is 1.68. The van der Waals surface area contributed by atoms with Gasteiger partial charge in [0.15, 0.2) is 0 Å². The SMILES string of the molecule is CC(C)(C)OC(=O)N1CC(c2ccc3ncc(Br)n3c2)C1. The van der Waals surface area contributed by atoms with Gasteiger partial charge in [0.05, 0.1) is 6.20 Å². The van der Waals surface area contributed by atoms with Crippen molar-refractivity contribution in [3.63, 3.8) is 0 Å². The summed E-state index contributed by atoms with van der Waals surface area (Å²) in [6.07, 6.45) is 3.62. The fourth-order valence-corrected chi connectivity index (χ4v) is 2.76. The number of ether oxygens (including phenoxy) is 1. The number of rotatable bonds is 1. The normalized spacial score (nSPS) is 16.1. The number of hydrogen-bond donors (Lipinski definition) is 0. The predicted octanol–water partition coefficient (Wildman–Crippen LogP) is 3.43. The van der Waals surface area contributed by atoms with E-state index in [4.69, 9.17) is 4.74 Å². The van der Waals surface area contributed by atoms with Gasteiger partial charge in [-0.15, -0.1) is 0 Å². The molecule has 2 aromatic heterocycles. The number of fused-ring (bicyclic) bond motifs is 1. The lowest BCUT2D eigenvalue weighted by molar-refractivity contribution is 0.00816. The first-order valence-corrected chi connectivity index (χ1v) is 7.73. The largest absolute Gasteiger partial charge is 0.444 e. The van der Waals surface area contributed by atoms with Gasteiger partial charge in [-0.2, -0.15) is 0 Å². The summed E-state index contributed by atoms with van der Waals surface area (Å²) in [5, 5.41) is 0. The molecule has 0 aromatic carbocycles. The van der Waals surface area contributed by atoms with Crippen molar-refractivity contribution in [1.29, 1.82) is 0 Å². The number of imidazole rings is 1. The number of carbonyl (C=O) groups is 1. The second kappa shape index (κ2) is 5.02. The van der Waals surface area contributed by atoms with Crippen LogP contribution in [0.2, 0.25) is 0 Å². The van der Waals surface area contributed by atoms with E-state index in [0.717, 1.165) is 10.3 Å². The zero-order valence-electron chi connectivity index (χ0n) is 12.3. The van der Waals surface area contributed by atoms with Gasteiger partial charge in [0.1, 0.15) is 15.9 Å². The molecular formula is C15H18BrN3O2. The smallest absolute Gasteiger partial charge is 0.410 e. The van der Waals surface area contributed by atoms with Gasteiger partial charge in [-0.1, -0.05) is 6.07 Å². The van der Waals surface area contributed by atoms with Crippen LogP contribution in [0, 0.1) is 0 Å². The van der Waals surface area contributed by atoms with Crippen molar-refractivity contribution in [2.24, 2.45) is 0 Å². The molecule has 3 rings (SSSR count).